The van der Waals surface area contributed by atoms with E-state index in [-0.39, 0.29) is 24.7 Å². The Hall–Kier alpha value is -5.78. The van der Waals surface area contributed by atoms with E-state index in [1.807, 2.05) is 111 Å². The van der Waals surface area contributed by atoms with Gasteiger partial charge in [0.1, 0.15) is 23.4 Å². The second kappa shape index (κ2) is 13.9. The van der Waals surface area contributed by atoms with Crippen LogP contribution in [0.1, 0.15) is 27.8 Å². The monoisotopic (exact) mass is 644 g/mol. The molecule has 0 aliphatic heterocycles. The molecule has 2 N–H and O–H groups in total. The largest absolute Gasteiger partial charge is 0.497 e. The molecule has 6 rings (SSSR count). The normalized spacial score (nSPS) is 11.7. The van der Waals surface area contributed by atoms with Crippen molar-refractivity contribution >= 4 is 23.5 Å². The van der Waals surface area contributed by atoms with Crippen molar-refractivity contribution in [1.29, 1.82) is 0 Å². The quantitative estimate of drug-likeness (QED) is 0.104. The number of aromatic nitrogens is 4. The lowest BCUT2D eigenvalue weighted by Crippen LogP contribution is -2.32. The summed E-state index contributed by atoms with van der Waals surface area (Å²) in [5, 5.41) is 10.3. The van der Waals surface area contributed by atoms with Gasteiger partial charge >= 0.3 is 0 Å². The molecule has 2 heterocycles. The second-order valence-corrected chi connectivity index (χ2v) is 11.3. The van der Waals surface area contributed by atoms with Crippen LogP contribution in [0, 0.1) is 0 Å². The minimum Gasteiger partial charge on any atom is -0.497 e. The Bertz CT molecular complexity index is 2040. The van der Waals surface area contributed by atoms with E-state index in [1.165, 1.54) is 6.33 Å². The Morgan fingerprint density at radius 3 is 2.06 bits per heavy atom. The van der Waals surface area contributed by atoms with Crippen molar-refractivity contribution in [3.05, 3.63) is 142 Å². The van der Waals surface area contributed by atoms with Crippen LogP contribution in [0.4, 0.5) is 5.95 Å². The van der Waals surface area contributed by atoms with E-state index in [1.54, 1.807) is 30.0 Å². The predicted octanol–water partition coefficient (Wildman–Crippen LogP) is 5.35. The third-order valence-corrected chi connectivity index (χ3v) is 7.93. The molecule has 0 aliphatic rings. The molecule has 0 fully saturated rings. The van der Waals surface area contributed by atoms with Gasteiger partial charge in [-0.3, -0.25) is 14.3 Å². The average Bonchev–Trinajstić information content (AvgIpc) is 3.56. The first kappa shape index (κ1) is 32.2. The van der Waals surface area contributed by atoms with Crippen LogP contribution in [0.2, 0.25) is 0 Å². The van der Waals surface area contributed by atoms with Crippen LogP contribution in [0.15, 0.2) is 113 Å². The first-order valence-corrected chi connectivity index (χ1v) is 15.2. The maximum atomic E-state index is 12.8. The van der Waals surface area contributed by atoms with E-state index in [0.29, 0.717) is 16.9 Å². The summed E-state index contributed by atoms with van der Waals surface area (Å²) < 4.78 is 19.7. The minimum atomic E-state index is -1.04. The zero-order valence-electron chi connectivity index (χ0n) is 27.1. The molecule has 11 heteroatoms. The van der Waals surface area contributed by atoms with Crippen molar-refractivity contribution in [1.82, 2.24) is 24.4 Å². The molecule has 0 amide bonds. The molecule has 0 aliphatic carbocycles. The zero-order valence-corrected chi connectivity index (χ0v) is 27.1. The van der Waals surface area contributed by atoms with Crippen LogP contribution in [0.3, 0.4) is 0 Å². The number of nitrogens with one attached hydrogen (secondary N) is 1. The molecule has 2 aromatic heterocycles. The van der Waals surface area contributed by atoms with Gasteiger partial charge in [0.05, 0.1) is 33.8 Å². The highest BCUT2D eigenvalue weighted by Gasteiger charge is 2.38. The van der Waals surface area contributed by atoms with Crippen molar-refractivity contribution in [2.24, 2.45) is 4.99 Å². The van der Waals surface area contributed by atoms with Gasteiger partial charge in [-0.25, -0.2) is 9.98 Å². The van der Waals surface area contributed by atoms with E-state index < -0.39 is 11.2 Å². The van der Waals surface area contributed by atoms with Crippen LogP contribution >= 0.6 is 0 Å². The summed E-state index contributed by atoms with van der Waals surface area (Å²) >= 11 is 0. The molecule has 48 heavy (non-hydrogen) atoms. The van der Waals surface area contributed by atoms with Gasteiger partial charge in [0.15, 0.2) is 11.2 Å². The fraction of sp³-hybridized carbons (Fsp3) is 0.189. The lowest BCUT2D eigenvalue weighted by molar-refractivity contribution is 0.000142. The SMILES string of the molecule is COc1ccc(C(OCc2cc(CO)cc(-n3cnc4c(=O)[nH]c(N=CN(C)C)nc43)c2)(c2ccccc2)c2ccc(OC)cc2)cc1. The fourth-order valence-electron chi connectivity index (χ4n) is 5.64. The smallest absolute Gasteiger partial charge is 0.280 e. The van der Waals surface area contributed by atoms with Gasteiger partial charge in [-0.1, -0.05) is 60.7 Å². The summed E-state index contributed by atoms with van der Waals surface area (Å²) in [5.74, 6) is 1.61. The molecule has 11 nitrogen and oxygen atoms in total. The van der Waals surface area contributed by atoms with Gasteiger partial charge in [0.25, 0.3) is 5.56 Å². The highest BCUT2D eigenvalue weighted by Crippen LogP contribution is 2.42. The molecular formula is C37H36N6O5. The van der Waals surface area contributed by atoms with Gasteiger partial charge in [0, 0.05) is 19.8 Å². The van der Waals surface area contributed by atoms with Crippen LogP contribution < -0.4 is 15.0 Å². The maximum Gasteiger partial charge on any atom is 0.280 e. The summed E-state index contributed by atoms with van der Waals surface area (Å²) in [7, 11) is 6.92. The fourth-order valence-corrected chi connectivity index (χ4v) is 5.64. The van der Waals surface area contributed by atoms with Crippen molar-refractivity contribution in [2.75, 3.05) is 28.3 Å². The Labute approximate surface area is 277 Å². The van der Waals surface area contributed by atoms with Crippen LogP contribution in [-0.4, -0.2) is 64.2 Å². The average molecular weight is 645 g/mol. The second-order valence-electron chi connectivity index (χ2n) is 11.3. The van der Waals surface area contributed by atoms with Crippen molar-refractivity contribution in [3.8, 4) is 17.2 Å². The number of aliphatic hydroxyl groups is 1. The summed E-state index contributed by atoms with van der Waals surface area (Å²) in [6.07, 6.45) is 3.09. The number of fused-ring (bicyclic) bond motifs is 1. The van der Waals surface area contributed by atoms with Crippen LogP contribution in [-0.2, 0) is 23.6 Å². The zero-order chi connectivity index (χ0) is 33.7. The van der Waals surface area contributed by atoms with Gasteiger partial charge in [0.2, 0.25) is 5.95 Å². The number of ether oxygens (including phenoxy) is 3. The number of hydrogen-bond acceptors (Lipinski definition) is 8. The van der Waals surface area contributed by atoms with Crippen molar-refractivity contribution < 1.29 is 19.3 Å². The molecule has 0 radical (unpaired) electrons. The molecule has 0 saturated carbocycles. The van der Waals surface area contributed by atoms with Gasteiger partial charge in [-0.05, 0) is 64.2 Å². The predicted molar refractivity (Wildman–Crippen MR) is 184 cm³/mol. The number of hydrogen-bond donors (Lipinski definition) is 2. The number of imidazole rings is 1. The number of methoxy groups -OCH3 is 2. The van der Waals surface area contributed by atoms with Crippen molar-refractivity contribution in [2.45, 2.75) is 18.8 Å². The summed E-state index contributed by atoms with van der Waals surface area (Å²) in [5.41, 5.74) is 3.88. The van der Waals surface area contributed by atoms with E-state index in [4.69, 9.17) is 14.2 Å². The first-order valence-electron chi connectivity index (χ1n) is 15.2. The summed E-state index contributed by atoms with van der Waals surface area (Å²) in [6.45, 7) is -0.0482. The van der Waals surface area contributed by atoms with Gasteiger partial charge in [-0.15, -0.1) is 0 Å². The number of aliphatic imine (C=N–C) groups is 1. The van der Waals surface area contributed by atoms with Crippen molar-refractivity contribution in [3.63, 3.8) is 0 Å². The van der Waals surface area contributed by atoms with Crippen LogP contribution in [0.25, 0.3) is 16.9 Å². The molecule has 0 saturated heterocycles. The standard InChI is InChI=1S/C37H36N6O5/c1-42(2)23-39-36-40-34-33(35(45)41-36)38-24-43(34)30-19-25(21-44)18-26(20-30)22-48-37(27-8-6-5-7-9-27,28-10-14-31(46-3)15-11-28)29-12-16-32(47-4)17-13-29/h5-20,23-24,44H,21-22H2,1-4H3,(H,40,41,45). The molecule has 0 bridgehead atoms. The molecule has 0 atom stereocenters. The maximum absolute atomic E-state index is 12.8. The highest BCUT2D eigenvalue weighted by atomic mass is 16.5. The number of H-pyrrole nitrogens is 1. The highest BCUT2D eigenvalue weighted by molar-refractivity contribution is 5.73. The molecular weight excluding hydrogens is 608 g/mol. The Morgan fingerprint density at radius 1 is 0.875 bits per heavy atom. The number of benzene rings is 4. The van der Waals surface area contributed by atoms with E-state index >= 15 is 0 Å². The molecule has 0 unspecified atom stereocenters. The summed E-state index contributed by atoms with van der Waals surface area (Å²) in [4.78, 5) is 30.4. The third kappa shape index (κ3) is 6.41. The van der Waals surface area contributed by atoms with Gasteiger partial charge < -0.3 is 24.2 Å². The molecule has 0 spiro atoms. The number of aromatic amines is 1. The molecule has 244 valence electrons. The molecule has 4 aromatic carbocycles. The Balaban J connectivity index is 1.47. The lowest BCUT2D eigenvalue weighted by atomic mass is 9.80. The summed E-state index contributed by atoms with van der Waals surface area (Å²) in [6, 6.07) is 31.4. The van der Waals surface area contributed by atoms with E-state index in [2.05, 4.69) is 19.9 Å². The number of nitrogens with zero attached hydrogens (tertiary/aromatic N) is 5. The van der Waals surface area contributed by atoms with E-state index in [9.17, 15) is 9.90 Å². The lowest BCUT2D eigenvalue weighted by Gasteiger charge is -2.36. The van der Waals surface area contributed by atoms with Crippen LogP contribution in [0.5, 0.6) is 11.5 Å². The number of aliphatic hydroxyl groups excluding tert-OH is 1. The molecule has 6 aromatic rings. The third-order valence-electron chi connectivity index (χ3n) is 7.93. The number of rotatable bonds is 12. The first-order chi connectivity index (χ1) is 23.3. The Morgan fingerprint density at radius 2 is 1.48 bits per heavy atom. The Kier molecular flexibility index (Phi) is 9.33. The minimum absolute atomic E-state index is 0.149. The van der Waals surface area contributed by atoms with E-state index in [0.717, 1.165) is 33.8 Å². The topological polar surface area (TPSA) is 127 Å². The van der Waals surface area contributed by atoms with Gasteiger partial charge in [-0.2, -0.15) is 4.98 Å².